The van der Waals surface area contributed by atoms with Crippen molar-refractivity contribution in [3.8, 4) is 5.75 Å². The Labute approximate surface area is 178 Å². The van der Waals surface area contributed by atoms with Crippen molar-refractivity contribution in [3.63, 3.8) is 0 Å². The minimum atomic E-state index is -2.40. The monoisotopic (exact) mass is 440 g/mol. The van der Waals surface area contributed by atoms with Crippen LogP contribution >= 0.6 is 0 Å². The highest BCUT2D eigenvalue weighted by Crippen LogP contribution is 2.40. The van der Waals surface area contributed by atoms with E-state index >= 15 is 0 Å². The summed E-state index contributed by atoms with van der Waals surface area (Å²) in [6.07, 6.45) is -1.96. The first-order chi connectivity index (χ1) is 14.0. The molecule has 0 saturated carbocycles. The second-order valence-electron chi connectivity index (χ2n) is 8.25. The molecule has 1 N–H and O–H groups in total. The molecule has 0 aromatic heterocycles. The van der Waals surface area contributed by atoms with E-state index in [1.54, 1.807) is 14.0 Å². The number of rotatable bonds is 10. The molecule has 0 unspecified atom stereocenters. The van der Waals surface area contributed by atoms with E-state index in [0.29, 0.717) is 0 Å². The molecule has 1 heterocycles. The first-order valence-corrected chi connectivity index (χ1v) is 13.4. The number of carbonyl (C=O) groups is 2. The first-order valence-electron chi connectivity index (χ1n) is 10.0. The highest BCUT2D eigenvalue weighted by molar-refractivity contribution is 6.70. The van der Waals surface area contributed by atoms with Crippen LogP contribution in [0.2, 0.25) is 19.6 Å². The van der Waals surface area contributed by atoms with Gasteiger partial charge in [-0.3, -0.25) is 0 Å². The molecule has 0 bridgehead atoms. The molecule has 168 valence electrons. The van der Waals surface area contributed by atoms with Crippen LogP contribution in [0, 0.1) is 5.92 Å². The van der Waals surface area contributed by atoms with E-state index < -0.39 is 44.0 Å². The Bertz CT molecular complexity index is 728. The molecule has 2 rings (SSSR count). The van der Waals surface area contributed by atoms with E-state index in [1.807, 2.05) is 43.9 Å². The van der Waals surface area contributed by atoms with E-state index in [4.69, 9.17) is 23.4 Å². The van der Waals surface area contributed by atoms with Gasteiger partial charge in [-0.15, -0.1) is 0 Å². The van der Waals surface area contributed by atoms with Gasteiger partial charge in [-0.1, -0.05) is 12.1 Å². The van der Waals surface area contributed by atoms with Crippen LogP contribution in [-0.2, 0) is 34.8 Å². The largest absolute Gasteiger partial charge is 0.497 e. The lowest BCUT2D eigenvalue weighted by Gasteiger charge is -2.35. The van der Waals surface area contributed by atoms with Gasteiger partial charge in [-0.2, -0.15) is 0 Å². The summed E-state index contributed by atoms with van der Waals surface area (Å²) in [6, 6.07) is 7.35. The average Bonchev–Trinajstić information content (AvgIpc) is 2.94. The normalized spacial score (nSPS) is 25.0. The van der Waals surface area contributed by atoms with Gasteiger partial charge in [0.2, 0.25) is 0 Å². The van der Waals surface area contributed by atoms with Crippen LogP contribution in [0.3, 0.4) is 0 Å². The predicted octanol–water partition coefficient (Wildman–Crippen LogP) is 2.29. The van der Waals surface area contributed by atoms with E-state index in [1.165, 1.54) is 6.92 Å². The summed E-state index contributed by atoms with van der Waals surface area (Å²) in [4.78, 5) is 25.9. The fraction of sp³-hybridized carbons (Fsp3) is 0.619. The number of methoxy groups -OCH3 is 1. The Morgan fingerprint density at radius 2 is 1.90 bits per heavy atom. The summed E-state index contributed by atoms with van der Waals surface area (Å²) in [6.45, 7) is 9.06. The van der Waals surface area contributed by atoms with Crippen molar-refractivity contribution in [2.45, 2.75) is 57.9 Å². The molecule has 9 heteroatoms. The first kappa shape index (κ1) is 24.3. The van der Waals surface area contributed by atoms with Crippen molar-refractivity contribution < 1.29 is 38.1 Å². The highest BCUT2D eigenvalue weighted by Gasteiger charge is 2.66. The number of hydrogen-bond acceptors (Lipinski definition) is 8. The van der Waals surface area contributed by atoms with E-state index in [9.17, 15) is 14.7 Å². The number of ether oxygens (including phenoxy) is 4. The van der Waals surface area contributed by atoms with Crippen molar-refractivity contribution in [1.29, 1.82) is 0 Å². The fourth-order valence-electron chi connectivity index (χ4n) is 3.46. The number of hydrogen-bond donors (Lipinski definition) is 1. The van der Waals surface area contributed by atoms with Crippen LogP contribution in [0.15, 0.2) is 24.3 Å². The number of esters is 2. The lowest BCUT2D eigenvalue weighted by Crippen LogP contribution is -2.59. The van der Waals surface area contributed by atoms with Crippen molar-refractivity contribution >= 4 is 20.3 Å². The Hall–Kier alpha value is -1.94. The number of carbonyl (C=O) groups excluding carboxylic acids is 2. The molecule has 1 aliphatic rings. The molecule has 1 fully saturated rings. The van der Waals surface area contributed by atoms with Gasteiger partial charge in [0.1, 0.15) is 11.9 Å². The van der Waals surface area contributed by atoms with E-state index in [2.05, 4.69) is 0 Å². The van der Waals surface area contributed by atoms with Crippen LogP contribution in [-0.4, -0.2) is 63.5 Å². The van der Waals surface area contributed by atoms with Gasteiger partial charge in [0.25, 0.3) is 5.60 Å². The summed E-state index contributed by atoms with van der Waals surface area (Å²) in [7, 11) is -0.811. The Morgan fingerprint density at radius 3 is 2.40 bits per heavy atom. The van der Waals surface area contributed by atoms with Gasteiger partial charge in [-0.25, -0.2) is 9.59 Å². The molecule has 1 aliphatic heterocycles. The summed E-state index contributed by atoms with van der Waals surface area (Å²) in [5.41, 5.74) is -1.07. The third-order valence-corrected chi connectivity index (χ3v) is 5.65. The standard InChI is InChI=1S/C21H32O8Si/c1-7-27-19(23)21(29-30(4,5)6)17(18(14(2)22)28-20(21)24)13-26-12-15-8-10-16(25-3)11-9-15/h8-11,14,17-18,22H,7,12-13H2,1-6H3/t14-,17-,18-,21-/m0/s1. The number of cyclic esters (lactones) is 1. The number of benzene rings is 1. The third kappa shape index (κ3) is 5.40. The zero-order chi connectivity index (χ0) is 22.5. The van der Waals surface area contributed by atoms with Gasteiger partial charge in [0.15, 0.2) is 8.32 Å². The van der Waals surface area contributed by atoms with Gasteiger partial charge in [0, 0.05) is 0 Å². The maximum atomic E-state index is 13.0. The average molecular weight is 441 g/mol. The maximum absolute atomic E-state index is 13.0. The zero-order valence-electron chi connectivity index (χ0n) is 18.5. The quantitative estimate of drug-likeness (QED) is 0.336. The topological polar surface area (TPSA) is 101 Å². The second-order valence-corrected chi connectivity index (χ2v) is 12.7. The molecule has 0 radical (unpaired) electrons. The van der Waals surface area contributed by atoms with Gasteiger partial charge >= 0.3 is 11.9 Å². The molecule has 4 atom stereocenters. The van der Waals surface area contributed by atoms with Crippen LogP contribution in [0.1, 0.15) is 19.4 Å². The highest BCUT2D eigenvalue weighted by atomic mass is 28.4. The van der Waals surface area contributed by atoms with Crippen LogP contribution in [0.5, 0.6) is 5.75 Å². The summed E-state index contributed by atoms with van der Waals surface area (Å²) in [5.74, 6) is -1.77. The molecule has 1 aromatic carbocycles. The summed E-state index contributed by atoms with van der Waals surface area (Å²) < 4.78 is 27.7. The molecular formula is C21H32O8Si. The minimum absolute atomic E-state index is 0.0311. The molecule has 0 spiro atoms. The molecular weight excluding hydrogens is 408 g/mol. The third-order valence-electron chi connectivity index (χ3n) is 4.71. The maximum Gasteiger partial charge on any atom is 0.350 e. The number of aliphatic hydroxyl groups is 1. The molecule has 8 nitrogen and oxygen atoms in total. The SMILES string of the molecule is CCOC(=O)[C@]1(O[Si](C)(C)C)C(=O)O[C@@H]([C@H](C)O)[C@@H]1COCc1ccc(OC)cc1. The number of aliphatic hydroxyl groups excluding tert-OH is 1. The Kier molecular flexibility index (Phi) is 8.04. The van der Waals surface area contributed by atoms with Crippen LogP contribution in [0.4, 0.5) is 0 Å². The van der Waals surface area contributed by atoms with Gasteiger partial charge < -0.3 is 28.5 Å². The zero-order valence-corrected chi connectivity index (χ0v) is 19.5. The van der Waals surface area contributed by atoms with Crippen molar-refractivity contribution in [2.24, 2.45) is 5.92 Å². The lowest BCUT2D eigenvalue weighted by molar-refractivity contribution is -0.176. The van der Waals surface area contributed by atoms with Crippen molar-refractivity contribution in [1.82, 2.24) is 0 Å². The van der Waals surface area contributed by atoms with Crippen LogP contribution in [0.25, 0.3) is 0 Å². The Balaban J connectivity index is 2.29. The molecule has 30 heavy (non-hydrogen) atoms. The van der Waals surface area contributed by atoms with Crippen molar-refractivity contribution in [3.05, 3.63) is 29.8 Å². The van der Waals surface area contributed by atoms with Gasteiger partial charge in [-0.05, 0) is 51.2 Å². The molecule has 1 aromatic rings. The Morgan fingerprint density at radius 1 is 1.27 bits per heavy atom. The molecule has 1 saturated heterocycles. The van der Waals surface area contributed by atoms with Crippen LogP contribution < -0.4 is 4.74 Å². The van der Waals surface area contributed by atoms with Crippen molar-refractivity contribution in [2.75, 3.05) is 20.3 Å². The van der Waals surface area contributed by atoms with Gasteiger partial charge in [0.05, 0.1) is 39.0 Å². The minimum Gasteiger partial charge on any atom is -0.497 e. The smallest absolute Gasteiger partial charge is 0.350 e. The second kappa shape index (κ2) is 9.91. The van der Waals surface area contributed by atoms with E-state index in [0.717, 1.165) is 11.3 Å². The summed E-state index contributed by atoms with van der Waals surface area (Å²) >= 11 is 0. The van der Waals surface area contributed by atoms with E-state index in [-0.39, 0.29) is 19.8 Å². The fourth-order valence-corrected chi connectivity index (χ4v) is 4.75. The lowest BCUT2D eigenvalue weighted by atomic mass is 9.84. The predicted molar refractivity (Wildman–Crippen MR) is 111 cm³/mol. The molecule has 0 amide bonds. The molecule has 0 aliphatic carbocycles. The summed E-state index contributed by atoms with van der Waals surface area (Å²) in [5, 5.41) is 10.2.